The molecule has 35 heavy (non-hydrogen) atoms. The number of sulfonamides is 1. The van der Waals surface area contributed by atoms with Crippen molar-refractivity contribution in [2.45, 2.75) is 37.4 Å². The van der Waals surface area contributed by atoms with E-state index in [0.29, 0.717) is 30.9 Å². The zero-order valence-electron chi connectivity index (χ0n) is 21.2. The summed E-state index contributed by atoms with van der Waals surface area (Å²) >= 11 is 0. The lowest BCUT2D eigenvalue weighted by molar-refractivity contribution is 0.0733. The highest BCUT2D eigenvalue weighted by Gasteiger charge is 2.38. The van der Waals surface area contributed by atoms with Crippen molar-refractivity contribution in [3.05, 3.63) is 53.9 Å². The van der Waals surface area contributed by atoms with Crippen LogP contribution in [-0.4, -0.2) is 92.1 Å². The Kier molecular flexibility index (Phi) is 9.27. The van der Waals surface area contributed by atoms with Gasteiger partial charge in [-0.15, -0.1) is 0 Å². The van der Waals surface area contributed by atoms with Crippen LogP contribution in [0.4, 0.5) is 0 Å². The number of ether oxygens (including phenoxy) is 1. The molecule has 3 atom stereocenters. The summed E-state index contributed by atoms with van der Waals surface area (Å²) in [6, 6.07) is 8.39. The van der Waals surface area contributed by atoms with Crippen LogP contribution in [0.1, 0.15) is 25.0 Å². The molecule has 0 saturated carbocycles. The Labute approximate surface area is 209 Å². The molecule has 1 aromatic heterocycles. The predicted octanol–water partition coefficient (Wildman–Crippen LogP) is 1.90. The highest BCUT2D eigenvalue weighted by Crippen LogP contribution is 2.34. The molecule has 9 heteroatoms. The maximum atomic E-state index is 13.6. The number of rotatable bonds is 7. The van der Waals surface area contributed by atoms with Gasteiger partial charge in [-0.05, 0) is 64.0 Å². The lowest BCUT2D eigenvalue weighted by Crippen LogP contribution is -2.49. The summed E-state index contributed by atoms with van der Waals surface area (Å²) in [5.41, 5.74) is 1.83. The first kappa shape index (κ1) is 27.1. The molecule has 3 rings (SSSR count). The first-order valence-electron chi connectivity index (χ1n) is 11.8. The first-order chi connectivity index (χ1) is 16.6. The van der Waals surface area contributed by atoms with Crippen LogP contribution < -0.4 is 4.74 Å². The highest BCUT2D eigenvalue weighted by atomic mass is 32.2. The molecule has 0 unspecified atom stereocenters. The number of aliphatic hydroxyl groups excluding tert-OH is 1. The van der Waals surface area contributed by atoms with Crippen molar-refractivity contribution in [1.82, 2.24) is 19.1 Å². The largest absolute Gasteiger partial charge is 0.487 e. The van der Waals surface area contributed by atoms with Gasteiger partial charge in [0, 0.05) is 49.6 Å². The summed E-state index contributed by atoms with van der Waals surface area (Å²) in [5.74, 6) is 6.37. The van der Waals surface area contributed by atoms with Gasteiger partial charge in [0.1, 0.15) is 16.7 Å². The van der Waals surface area contributed by atoms with Gasteiger partial charge in [0.15, 0.2) is 0 Å². The van der Waals surface area contributed by atoms with Gasteiger partial charge in [0.25, 0.3) is 0 Å². The van der Waals surface area contributed by atoms with E-state index in [9.17, 15) is 13.5 Å². The van der Waals surface area contributed by atoms with Crippen LogP contribution in [0, 0.1) is 17.8 Å². The maximum absolute atomic E-state index is 13.6. The topological polar surface area (TPSA) is 86.2 Å². The van der Waals surface area contributed by atoms with E-state index in [4.69, 9.17) is 4.74 Å². The molecule has 1 aliphatic heterocycles. The molecule has 2 heterocycles. The molecule has 0 aliphatic carbocycles. The molecule has 0 amide bonds. The van der Waals surface area contributed by atoms with Crippen molar-refractivity contribution < 1.29 is 18.3 Å². The Morgan fingerprint density at radius 3 is 2.60 bits per heavy atom. The third kappa shape index (κ3) is 7.03. The van der Waals surface area contributed by atoms with Crippen molar-refractivity contribution >= 4 is 10.0 Å². The van der Waals surface area contributed by atoms with Crippen LogP contribution in [0.25, 0.3) is 0 Å². The van der Waals surface area contributed by atoms with E-state index >= 15 is 0 Å². The summed E-state index contributed by atoms with van der Waals surface area (Å²) in [5, 5.41) is 9.80. The number of aliphatic hydroxyl groups is 1. The Morgan fingerprint density at radius 1 is 1.23 bits per heavy atom. The fourth-order valence-corrected chi connectivity index (χ4v) is 5.82. The summed E-state index contributed by atoms with van der Waals surface area (Å²) < 4.78 is 35.0. The zero-order chi connectivity index (χ0) is 25.6. The minimum Gasteiger partial charge on any atom is -0.487 e. The Hall–Kier alpha value is -2.48. The summed E-state index contributed by atoms with van der Waals surface area (Å²) in [4.78, 5) is 8.30. The fourth-order valence-electron chi connectivity index (χ4n) is 3.99. The van der Waals surface area contributed by atoms with Crippen molar-refractivity contribution in [2.24, 2.45) is 5.92 Å². The van der Waals surface area contributed by atoms with E-state index in [1.54, 1.807) is 37.5 Å². The number of pyridine rings is 1. The van der Waals surface area contributed by atoms with Crippen molar-refractivity contribution in [3.63, 3.8) is 0 Å². The van der Waals surface area contributed by atoms with Gasteiger partial charge in [0.05, 0.1) is 13.2 Å². The number of hydrogen-bond donors (Lipinski definition) is 1. The monoisotopic (exact) mass is 500 g/mol. The van der Waals surface area contributed by atoms with Gasteiger partial charge in [-0.3, -0.25) is 14.8 Å². The lowest BCUT2D eigenvalue weighted by atomic mass is 10.0. The Balaban J connectivity index is 1.97. The van der Waals surface area contributed by atoms with E-state index < -0.39 is 16.1 Å². The molecule has 1 aliphatic rings. The molecule has 8 nitrogen and oxygen atoms in total. The number of nitrogens with zero attached hydrogens (tertiary/aromatic N) is 4. The van der Waals surface area contributed by atoms with E-state index in [1.165, 1.54) is 4.31 Å². The molecular formula is C26H36N4O4S. The van der Waals surface area contributed by atoms with Gasteiger partial charge >= 0.3 is 0 Å². The van der Waals surface area contributed by atoms with E-state index in [1.807, 2.05) is 45.1 Å². The molecule has 1 aromatic carbocycles. The molecular weight excluding hydrogens is 464 g/mol. The molecule has 0 saturated heterocycles. The summed E-state index contributed by atoms with van der Waals surface area (Å²) in [6.45, 7) is 5.61. The minimum atomic E-state index is -3.87. The SMILES string of the molecule is C[C@H]1CN([C@@H](C)CO)S(=O)(=O)c2ccc(C#CCN(C)C)cc2O[C@H]1CN(C)Cc1ccncc1. The average molecular weight is 501 g/mol. The molecule has 0 radical (unpaired) electrons. The van der Waals surface area contributed by atoms with Crippen molar-refractivity contribution in [3.8, 4) is 17.6 Å². The average Bonchev–Trinajstić information content (AvgIpc) is 2.81. The van der Waals surface area contributed by atoms with Crippen LogP contribution in [0.15, 0.2) is 47.6 Å². The summed E-state index contributed by atoms with van der Waals surface area (Å²) in [7, 11) is 2.03. The van der Waals surface area contributed by atoms with Gasteiger partial charge in [-0.25, -0.2) is 8.42 Å². The smallest absolute Gasteiger partial charge is 0.247 e. The molecule has 0 bridgehead atoms. The number of fused-ring (bicyclic) bond motifs is 1. The Morgan fingerprint density at radius 2 is 1.94 bits per heavy atom. The number of aromatic nitrogens is 1. The van der Waals surface area contributed by atoms with Crippen LogP contribution in [0.3, 0.4) is 0 Å². The van der Waals surface area contributed by atoms with Gasteiger partial charge < -0.3 is 9.84 Å². The molecule has 190 valence electrons. The molecule has 1 N–H and O–H groups in total. The fraction of sp³-hybridized carbons (Fsp3) is 0.500. The third-order valence-electron chi connectivity index (χ3n) is 5.99. The normalized spacial score (nSPS) is 20.8. The van der Waals surface area contributed by atoms with Crippen LogP contribution in [-0.2, 0) is 16.6 Å². The van der Waals surface area contributed by atoms with Gasteiger partial charge in [0.2, 0.25) is 10.0 Å². The van der Waals surface area contributed by atoms with E-state index in [-0.39, 0.29) is 30.1 Å². The van der Waals surface area contributed by atoms with Crippen LogP contribution in [0.5, 0.6) is 5.75 Å². The number of hydrogen-bond acceptors (Lipinski definition) is 7. The third-order valence-corrected chi connectivity index (χ3v) is 8.01. The lowest BCUT2D eigenvalue weighted by Gasteiger charge is -2.37. The van der Waals surface area contributed by atoms with Gasteiger partial charge in [-0.1, -0.05) is 18.8 Å². The van der Waals surface area contributed by atoms with Crippen molar-refractivity contribution in [2.75, 3.05) is 47.4 Å². The Bertz CT molecular complexity index is 1140. The molecule has 2 aromatic rings. The summed E-state index contributed by atoms with van der Waals surface area (Å²) in [6.07, 6.45) is 3.27. The number of benzene rings is 1. The quantitative estimate of drug-likeness (QED) is 0.581. The second-order valence-corrected chi connectivity index (χ2v) is 11.4. The first-order valence-corrected chi connectivity index (χ1v) is 13.2. The minimum absolute atomic E-state index is 0.102. The van der Waals surface area contributed by atoms with Crippen LogP contribution >= 0.6 is 0 Å². The van der Waals surface area contributed by atoms with Crippen molar-refractivity contribution in [1.29, 1.82) is 0 Å². The highest BCUT2D eigenvalue weighted by molar-refractivity contribution is 7.89. The maximum Gasteiger partial charge on any atom is 0.247 e. The standard InChI is InChI=1S/C26H36N4O4S/c1-20-16-30(21(2)19-31)35(32,33)26-9-8-22(7-6-14-28(3)4)15-24(26)34-25(20)18-29(5)17-23-10-12-27-13-11-23/h8-13,15,20-21,25,31H,14,16-19H2,1-5H3/t20-,21-,25-/m0/s1. The van der Waals surface area contributed by atoms with E-state index in [0.717, 1.165) is 5.56 Å². The second-order valence-electron chi connectivity index (χ2n) is 9.49. The van der Waals surface area contributed by atoms with E-state index in [2.05, 4.69) is 21.7 Å². The zero-order valence-corrected chi connectivity index (χ0v) is 22.0. The number of likely N-dealkylation sites (N-methyl/N-ethyl adjacent to an activating group) is 1. The van der Waals surface area contributed by atoms with Gasteiger partial charge in [-0.2, -0.15) is 4.31 Å². The predicted molar refractivity (Wildman–Crippen MR) is 136 cm³/mol. The second kappa shape index (κ2) is 12.0. The molecule has 0 spiro atoms. The molecule has 0 fully saturated rings. The van der Waals surface area contributed by atoms with Crippen LogP contribution in [0.2, 0.25) is 0 Å².